The Morgan fingerprint density at radius 3 is 2.56 bits per heavy atom. The molecular formula is C23H23NO. The van der Waals surface area contributed by atoms with Crippen LogP contribution in [-0.4, -0.2) is 10.8 Å². The van der Waals surface area contributed by atoms with Gasteiger partial charge in [0.1, 0.15) is 5.75 Å². The van der Waals surface area contributed by atoms with Crippen LogP contribution in [0.5, 0.6) is 5.75 Å². The molecule has 2 heteroatoms. The molecular weight excluding hydrogens is 306 g/mol. The van der Waals surface area contributed by atoms with Crippen molar-refractivity contribution in [1.29, 1.82) is 0 Å². The van der Waals surface area contributed by atoms with Crippen molar-refractivity contribution in [3.05, 3.63) is 84.0 Å². The molecule has 3 rings (SSSR count). The van der Waals surface area contributed by atoms with Gasteiger partial charge in [-0.15, -0.1) is 0 Å². The maximum absolute atomic E-state index is 10.3. The molecule has 2 aromatic carbocycles. The van der Waals surface area contributed by atoms with Crippen molar-refractivity contribution in [2.75, 3.05) is 0 Å². The Balaban J connectivity index is 2.08. The monoisotopic (exact) mass is 329 g/mol. The molecule has 25 heavy (non-hydrogen) atoms. The Morgan fingerprint density at radius 2 is 1.88 bits per heavy atom. The van der Waals surface area contributed by atoms with Crippen LogP contribution in [0.25, 0.3) is 16.5 Å². The van der Waals surface area contributed by atoms with Crippen molar-refractivity contribution in [2.24, 2.45) is 10.9 Å². The lowest BCUT2D eigenvalue weighted by Crippen LogP contribution is -2.10. The maximum Gasteiger partial charge on any atom is 0.124 e. The number of phenols is 1. The van der Waals surface area contributed by atoms with Crippen LogP contribution in [0.1, 0.15) is 26.3 Å². The average molecular weight is 329 g/mol. The van der Waals surface area contributed by atoms with Crippen molar-refractivity contribution < 1.29 is 5.11 Å². The van der Waals surface area contributed by atoms with E-state index in [2.05, 4.69) is 32.6 Å². The van der Waals surface area contributed by atoms with Gasteiger partial charge >= 0.3 is 0 Å². The number of aromatic hydroxyl groups is 1. The Bertz CT molecular complexity index is 950. The molecule has 0 aromatic heterocycles. The van der Waals surface area contributed by atoms with E-state index in [1.54, 1.807) is 6.07 Å². The van der Waals surface area contributed by atoms with E-state index in [0.717, 1.165) is 27.6 Å². The van der Waals surface area contributed by atoms with Gasteiger partial charge in [0, 0.05) is 10.9 Å². The second-order valence-electron chi connectivity index (χ2n) is 6.46. The fourth-order valence-corrected chi connectivity index (χ4v) is 3.25. The molecule has 0 amide bonds. The fraction of sp³-hybridized carbons (Fsp3) is 0.174. The third kappa shape index (κ3) is 3.20. The van der Waals surface area contributed by atoms with Crippen molar-refractivity contribution in [3.63, 3.8) is 0 Å². The highest BCUT2D eigenvalue weighted by Crippen LogP contribution is 2.33. The number of allylic oxidation sites excluding steroid dienone is 6. The van der Waals surface area contributed by atoms with Gasteiger partial charge in [0.25, 0.3) is 0 Å². The number of hydrogen-bond acceptors (Lipinski definition) is 2. The minimum atomic E-state index is 0.252. The number of aliphatic imine (C=N–C) groups is 1. The average Bonchev–Trinajstić information content (AvgIpc) is 2.61. The second kappa shape index (κ2) is 6.94. The normalized spacial score (nSPS) is 17.5. The van der Waals surface area contributed by atoms with E-state index in [4.69, 9.17) is 4.99 Å². The lowest BCUT2D eigenvalue weighted by atomic mass is 9.88. The summed E-state index contributed by atoms with van der Waals surface area (Å²) in [5, 5.41) is 12.1. The molecule has 0 unspecified atom stereocenters. The second-order valence-corrected chi connectivity index (χ2v) is 6.46. The minimum absolute atomic E-state index is 0.252. The van der Waals surface area contributed by atoms with Gasteiger partial charge in [0.05, 0.1) is 11.4 Å². The summed E-state index contributed by atoms with van der Waals surface area (Å²) in [5.41, 5.74) is 4.83. The Morgan fingerprint density at radius 1 is 1.16 bits per heavy atom. The highest BCUT2D eigenvalue weighted by molar-refractivity contribution is 6.15. The molecule has 0 saturated heterocycles. The summed E-state index contributed by atoms with van der Waals surface area (Å²) in [7, 11) is 0. The molecule has 0 heterocycles. The summed E-state index contributed by atoms with van der Waals surface area (Å²) in [6.45, 7) is 10.6. The Hall–Kier alpha value is -2.87. The molecule has 0 spiro atoms. The lowest BCUT2D eigenvalue weighted by Gasteiger charge is -2.19. The van der Waals surface area contributed by atoms with Gasteiger partial charge in [0.15, 0.2) is 0 Å². The molecule has 126 valence electrons. The first kappa shape index (κ1) is 17.0. The summed E-state index contributed by atoms with van der Waals surface area (Å²) in [5.74, 6) is 0.680. The van der Waals surface area contributed by atoms with Crippen molar-refractivity contribution in [3.8, 4) is 5.75 Å². The zero-order valence-electron chi connectivity index (χ0n) is 15.0. The third-order valence-corrected chi connectivity index (χ3v) is 4.48. The number of fused-ring (bicyclic) bond motifs is 1. The highest BCUT2D eigenvalue weighted by atomic mass is 16.3. The third-order valence-electron chi connectivity index (χ3n) is 4.48. The summed E-state index contributed by atoms with van der Waals surface area (Å²) in [4.78, 5) is 4.80. The lowest BCUT2D eigenvalue weighted by molar-refractivity contribution is 0.481. The first-order chi connectivity index (χ1) is 12.0. The molecule has 2 nitrogen and oxygen atoms in total. The number of benzene rings is 2. The van der Waals surface area contributed by atoms with Crippen LogP contribution < -0.4 is 0 Å². The quantitative estimate of drug-likeness (QED) is 0.730. The summed E-state index contributed by atoms with van der Waals surface area (Å²) in [6, 6.07) is 11.4. The maximum atomic E-state index is 10.3. The number of phenolic OH excluding ortho intramolecular Hbond substituents is 1. The van der Waals surface area contributed by atoms with Crippen LogP contribution in [0.15, 0.2) is 83.4 Å². The van der Waals surface area contributed by atoms with E-state index in [9.17, 15) is 5.11 Å². The van der Waals surface area contributed by atoms with Crippen molar-refractivity contribution in [2.45, 2.75) is 20.8 Å². The summed E-state index contributed by atoms with van der Waals surface area (Å²) < 4.78 is 0. The van der Waals surface area contributed by atoms with E-state index >= 15 is 0 Å². The topological polar surface area (TPSA) is 32.6 Å². The molecule has 0 aliphatic heterocycles. The van der Waals surface area contributed by atoms with Crippen molar-refractivity contribution in [1.82, 2.24) is 0 Å². The predicted molar refractivity (Wildman–Crippen MR) is 108 cm³/mol. The van der Waals surface area contributed by atoms with Gasteiger partial charge in [-0.05, 0) is 41.5 Å². The predicted octanol–water partition coefficient (Wildman–Crippen LogP) is 6.06. The van der Waals surface area contributed by atoms with E-state index in [1.165, 1.54) is 5.57 Å². The number of rotatable bonds is 3. The van der Waals surface area contributed by atoms with Gasteiger partial charge in [-0.2, -0.15) is 0 Å². The van der Waals surface area contributed by atoms with Crippen LogP contribution in [0.4, 0.5) is 0 Å². The first-order valence-electron chi connectivity index (χ1n) is 8.57. The molecule has 1 N–H and O–H groups in total. The van der Waals surface area contributed by atoms with E-state index in [-0.39, 0.29) is 5.75 Å². The zero-order chi connectivity index (χ0) is 18.0. The van der Waals surface area contributed by atoms with Crippen LogP contribution in [0.3, 0.4) is 0 Å². The SMILES string of the molecule is C=C(/N=C1/C=CC=C(C(C)C)/C1=C/C)c1cccc2cccc(O)c12. The molecule has 1 aliphatic carbocycles. The van der Waals surface area contributed by atoms with Gasteiger partial charge in [-0.3, -0.25) is 0 Å². The molecule has 0 saturated carbocycles. The van der Waals surface area contributed by atoms with Gasteiger partial charge in [-0.25, -0.2) is 4.99 Å². The van der Waals surface area contributed by atoms with E-state index in [0.29, 0.717) is 11.6 Å². The van der Waals surface area contributed by atoms with Crippen LogP contribution >= 0.6 is 0 Å². The summed E-state index contributed by atoms with van der Waals surface area (Å²) >= 11 is 0. The fourth-order valence-electron chi connectivity index (χ4n) is 3.25. The minimum Gasteiger partial charge on any atom is -0.507 e. The van der Waals surface area contributed by atoms with E-state index in [1.807, 2.05) is 49.4 Å². The molecule has 0 fully saturated rings. The smallest absolute Gasteiger partial charge is 0.124 e. The van der Waals surface area contributed by atoms with Gasteiger partial charge < -0.3 is 5.11 Å². The summed E-state index contributed by atoms with van der Waals surface area (Å²) in [6.07, 6.45) is 8.29. The molecule has 0 bridgehead atoms. The number of hydrogen-bond donors (Lipinski definition) is 1. The zero-order valence-corrected chi connectivity index (χ0v) is 15.0. The standard InChI is InChI=1S/C23H23NO/c1-5-18-19(15(2)3)11-8-13-21(18)24-16(4)20-12-6-9-17-10-7-14-22(25)23(17)20/h5-15,25H,4H2,1-3H3/b18-5-,24-21-. The van der Waals surface area contributed by atoms with Crippen LogP contribution in [-0.2, 0) is 0 Å². The Labute approximate surface area is 149 Å². The van der Waals surface area contributed by atoms with E-state index < -0.39 is 0 Å². The molecule has 0 radical (unpaired) electrons. The van der Waals surface area contributed by atoms with Crippen LogP contribution in [0, 0.1) is 5.92 Å². The molecule has 1 aliphatic rings. The molecule has 0 atom stereocenters. The van der Waals surface area contributed by atoms with Crippen molar-refractivity contribution >= 4 is 22.2 Å². The van der Waals surface area contributed by atoms with Gasteiger partial charge in [-0.1, -0.05) is 69.0 Å². The Kier molecular flexibility index (Phi) is 4.71. The molecule has 2 aromatic rings. The number of nitrogens with zero attached hydrogens (tertiary/aromatic N) is 1. The largest absolute Gasteiger partial charge is 0.507 e. The van der Waals surface area contributed by atoms with Crippen LogP contribution in [0.2, 0.25) is 0 Å². The van der Waals surface area contributed by atoms with Gasteiger partial charge in [0.2, 0.25) is 0 Å². The highest BCUT2D eigenvalue weighted by Gasteiger charge is 2.16. The first-order valence-corrected chi connectivity index (χ1v) is 8.57.